The first-order valence-electron chi connectivity index (χ1n) is 5.38. The van der Waals surface area contributed by atoms with Crippen LogP contribution in [-0.2, 0) is 0 Å². The molecule has 1 atom stereocenters. The van der Waals surface area contributed by atoms with Crippen LogP contribution in [0.15, 0.2) is 18.5 Å². The molecule has 1 fully saturated rings. The Balaban J connectivity index is 2.04. The molecule has 0 bridgehead atoms. The van der Waals surface area contributed by atoms with Gasteiger partial charge in [0.1, 0.15) is 0 Å². The van der Waals surface area contributed by atoms with Crippen molar-refractivity contribution < 1.29 is 0 Å². The molecule has 2 aromatic rings. The van der Waals surface area contributed by atoms with Crippen molar-refractivity contribution in [3.63, 3.8) is 0 Å². The molecule has 4 nitrogen and oxygen atoms in total. The van der Waals surface area contributed by atoms with Crippen molar-refractivity contribution in [1.82, 2.24) is 19.9 Å². The Kier molecular flexibility index (Phi) is 1.95. The van der Waals surface area contributed by atoms with Crippen molar-refractivity contribution in [1.29, 1.82) is 0 Å². The highest BCUT2D eigenvalue weighted by molar-refractivity contribution is 5.39. The van der Waals surface area contributed by atoms with Crippen molar-refractivity contribution in [2.45, 2.75) is 25.8 Å². The van der Waals surface area contributed by atoms with Crippen LogP contribution in [0.25, 0.3) is 5.65 Å². The maximum Gasteiger partial charge on any atom is 0.155 e. The number of hydrogen-bond donors (Lipinski definition) is 1. The van der Waals surface area contributed by atoms with E-state index >= 15 is 0 Å². The van der Waals surface area contributed by atoms with Crippen LogP contribution >= 0.6 is 0 Å². The monoisotopic (exact) mass is 202 g/mol. The Morgan fingerprint density at radius 2 is 2.47 bits per heavy atom. The normalized spacial score (nSPS) is 21.3. The van der Waals surface area contributed by atoms with Crippen LogP contribution < -0.4 is 5.32 Å². The molecule has 0 aliphatic carbocycles. The Morgan fingerprint density at radius 1 is 1.53 bits per heavy atom. The third-order valence-electron chi connectivity index (χ3n) is 2.92. The second-order valence-electron chi connectivity index (χ2n) is 4.12. The molecule has 78 valence electrons. The van der Waals surface area contributed by atoms with Gasteiger partial charge in [-0.2, -0.15) is 5.10 Å². The predicted octanol–water partition coefficient (Wildman–Crippen LogP) is 1.46. The molecule has 15 heavy (non-hydrogen) atoms. The van der Waals surface area contributed by atoms with E-state index in [0.29, 0.717) is 6.04 Å². The molecule has 1 aliphatic heterocycles. The minimum atomic E-state index is 0.464. The lowest BCUT2D eigenvalue weighted by molar-refractivity contribution is 0.638. The number of hydrogen-bond acceptors (Lipinski definition) is 3. The van der Waals surface area contributed by atoms with Crippen molar-refractivity contribution in [3.8, 4) is 0 Å². The van der Waals surface area contributed by atoms with Crippen LogP contribution in [0.1, 0.15) is 30.1 Å². The highest BCUT2D eigenvalue weighted by Crippen LogP contribution is 2.22. The van der Waals surface area contributed by atoms with Crippen LogP contribution in [0.3, 0.4) is 0 Å². The van der Waals surface area contributed by atoms with E-state index in [2.05, 4.69) is 21.6 Å². The lowest BCUT2D eigenvalue weighted by Crippen LogP contribution is -2.13. The fourth-order valence-corrected chi connectivity index (χ4v) is 2.16. The minimum Gasteiger partial charge on any atom is -0.310 e. The van der Waals surface area contributed by atoms with E-state index in [1.54, 1.807) is 0 Å². The van der Waals surface area contributed by atoms with E-state index < -0.39 is 0 Å². The van der Waals surface area contributed by atoms with Gasteiger partial charge in [-0.25, -0.2) is 9.50 Å². The molecule has 0 saturated carbocycles. The van der Waals surface area contributed by atoms with Gasteiger partial charge in [0, 0.05) is 30.1 Å². The first-order valence-corrected chi connectivity index (χ1v) is 5.38. The van der Waals surface area contributed by atoms with Crippen molar-refractivity contribution in [2.75, 3.05) is 6.54 Å². The third kappa shape index (κ3) is 1.51. The van der Waals surface area contributed by atoms with Gasteiger partial charge in [0.15, 0.2) is 5.65 Å². The van der Waals surface area contributed by atoms with Crippen LogP contribution in [-0.4, -0.2) is 21.1 Å². The summed E-state index contributed by atoms with van der Waals surface area (Å²) in [4.78, 5) is 4.41. The number of aromatic nitrogens is 3. The number of rotatable bonds is 1. The molecule has 1 saturated heterocycles. The molecule has 0 aromatic carbocycles. The van der Waals surface area contributed by atoms with Crippen LogP contribution in [0.4, 0.5) is 0 Å². The molecule has 1 N–H and O–H groups in total. The van der Waals surface area contributed by atoms with Gasteiger partial charge in [0.05, 0.1) is 5.69 Å². The first kappa shape index (κ1) is 8.85. The average molecular weight is 202 g/mol. The summed E-state index contributed by atoms with van der Waals surface area (Å²) in [5, 5.41) is 7.83. The molecule has 0 radical (unpaired) electrons. The summed E-state index contributed by atoms with van der Waals surface area (Å²) >= 11 is 0. The topological polar surface area (TPSA) is 42.2 Å². The Hall–Kier alpha value is -1.42. The second kappa shape index (κ2) is 3.31. The molecular formula is C11H14N4. The molecule has 2 aromatic heterocycles. The van der Waals surface area contributed by atoms with E-state index in [9.17, 15) is 0 Å². The largest absolute Gasteiger partial charge is 0.310 e. The number of nitrogens with one attached hydrogen (secondary N) is 1. The predicted molar refractivity (Wildman–Crippen MR) is 57.7 cm³/mol. The lowest BCUT2D eigenvalue weighted by atomic mass is 10.1. The van der Waals surface area contributed by atoms with Gasteiger partial charge >= 0.3 is 0 Å². The van der Waals surface area contributed by atoms with Gasteiger partial charge in [-0.05, 0) is 26.3 Å². The summed E-state index contributed by atoms with van der Waals surface area (Å²) in [6.45, 7) is 3.10. The second-order valence-corrected chi connectivity index (χ2v) is 4.12. The molecule has 0 amide bonds. The Labute approximate surface area is 88.3 Å². The summed E-state index contributed by atoms with van der Waals surface area (Å²) in [5.41, 5.74) is 3.18. The van der Waals surface area contributed by atoms with Crippen molar-refractivity contribution >= 4 is 5.65 Å². The number of aryl methyl sites for hydroxylation is 1. The van der Waals surface area contributed by atoms with E-state index in [4.69, 9.17) is 0 Å². The van der Waals surface area contributed by atoms with Gasteiger partial charge < -0.3 is 5.32 Å². The van der Waals surface area contributed by atoms with Crippen LogP contribution in [0.5, 0.6) is 0 Å². The van der Waals surface area contributed by atoms with Gasteiger partial charge in [-0.3, -0.25) is 0 Å². The molecular weight excluding hydrogens is 188 g/mol. The van der Waals surface area contributed by atoms with E-state index in [1.165, 1.54) is 18.4 Å². The van der Waals surface area contributed by atoms with Crippen LogP contribution in [0.2, 0.25) is 0 Å². The number of nitrogens with zero attached hydrogens (tertiary/aromatic N) is 3. The zero-order valence-electron chi connectivity index (χ0n) is 8.77. The Bertz CT molecular complexity index is 482. The van der Waals surface area contributed by atoms with Gasteiger partial charge in [0.25, 0.3) is 0 Å². The molecule has 1 unspecified atom stereocenters. The molecule has 1 aliphatic rings. The zero-order chi connectivity index (χ0) is 10.3. The quantitative estimate of drug-likeness (QED) is 0.761. The van der Waals surface area contributed by atoms with E-state index in [1.807, 2.05) is 23.7 Å². The summed E-state index contributed by atoms with van der Waals surface area (Å²) < 4.78 is 1.87. The highest BCUT2D eigenvalue weighted by atomic mass is 15.2. The van der Waals surface area contributed by atoms with Crippen molar-refractivity contribution in [2.24, 2.45) is 0 Å². The molecule has 4 heteroatoms. The van der Waals surface area contributed by atoms with E-state index in [0.717, 1.165) is 17.9 Å². The summed E-state index contributed by atoms with van der Waals surface area (Å²) in [6, 6.07) is 2.46. The summed E-state index contributed by atoms with van der Waals surface area (Å²) in [5.74, 6) is 0. The molecule has 3 rings (SSSR count). The maximum absolute atomic E-state index is 4.41. The van der Waals surface area contributed by atoms with Gasteiger partial charge in [-0.15, -0.1) is 0 Å². The Morgan fingerprint density at radius 3 is 3.27 bits per heavy atom. The van der Waals surface area contributed by atoms with Crippen molar-refractivity contribution in [3.05, 3.63) is 29.7 Å². The summed E-state index contributed by atoms with van der Waals surface area (Å²) in [7, 11) is 0. The van der Waals surface area contributed by atoms with Crippen LogP contribution in [0, 0.1) is 6.92 Å². The fourth-order valence-electron chi connectivity index (χ4n) is 2.16. The van der Waals surface area contributed by atoms with Gasteiger partial charge in [0.2, 0.25) is 0 Å². The molecule has 0 spiro atoms. The smallest absolute Gasteiger partial charge is 0.155 e. The lowest BCUT2D eigenvalue weighted by Gasteiger charge is -2.09. The van der Waals surface area contributed by atoms with E-state index in [-0.39, 0.29) is 0 Å². The fraction of sp³-hybridized carbons (Fsp3) is 0.455. The SMILES string of the molecule is Cc1cc2ncc(C3CCCN3)cn2n1. The molecule has 3 heterocycles. The zero-order valence-corrected chi connectivity index (χ0v) is 8.77. The number of fused-ring (bicyclic) bond motifs is 1. The maximum atomic E-state index is 4.41. The summed E-state index contributed by atoms with van der Waals surface area (Å²) in [6.07, 6.45) is 6.49. The third-order valence-corrected chi connectivity index (χ3v) is 2.92. The average Bonchev–Trinajstić information content (AvgIpc) is 2.82. The minimum absolute atomic E-state index is 0.464. The first-order chi connectivity index (χ1) is 7.33. The van der Waals surface area contributed by atoms with Gasteiger partial charge in [-0.1, -0.05) is 0 Å². The standard InChI is InChI=1S/C11H14N4/c1-8-5-11-13-6-9(7-15(11)14-8)10-3-2-4-12-10/h5-7,10,12H,2-4H2,1H3. The highest BCUT2D eigenvalue weighted by Gasteiger charge is 2.16.